The van der Waals surface area contributed by atoms with Crippen molar-refractivity contribution in [1.82, 2.24) is 4.90 Å². The smallest absolute Gasteiger partial charge is 0.387 e. The molecule has 0 bridgehead atoms. The summed E-state index contributed by atoms with van der Waals surface area (Å²) in [7, 11) is 0. The largest absolute Gasteiger partial charge is 0.489 e. The highest BCUT2D eigenvalue weighted by atomic mass is 35.5. The molecule has 0 spiro atoms. The number of carbonyl (C=O) groups excluding carboxylic acids is 3. The van der Waals surface area contributed by atoms with Crippen LogP contribution in [0, 0.1) is 5.92 Å². The number of hydrogen-bond donors (Lipinski definition) is 0. The van der Waals surface area contributed by atoms with Gasteiger partial charge in [0.25, 0.3) is 5.91 Å². The molecule has 0 N–H and O–H groups in total. The van der Waals surface area contributed by atoms with Crippen molar-refractivity contribution in [2.75, 3.05) is 18.9 Å². The van der Waals surface area contributed by atoms with Crippen LogP contribution in [0.2, 0.25) is 0 Å². The average Bonchev–Trinajstić information content (AvgIpc) is 3.73. The van der Waals surface area contributed by atoms with E-state index in [1.165, 1.54) is 47.0 Å². The number of ether oxygens (including phenoxy) is 3. The maximum atomic E-state index is 13.7. The molecule has 2 atom stereocenters. The standard InChI is InChI=1S/C32H31Cl2F2NO6S/c1-3-24(33)23(25(34)4-2)16-27(21-10-11-26(43-32(35)36)28(15-21)41-18-19-8-9-19)42-31(40)30-37(12-13-44-30)29(39)22-7-5-6-20(14-22)17-38/h3-7,10-11,14-15,17,19,27,30,32H,1,8-9,12-13,16,18H2,2H3/b24-23+,25-4+/t27-,30-/m0/s1. The quantitative estimate of drug-likeness (QED) is 0.115. The SMILES string of the molecule is C=C/C(Cl)=C(C[C@H](OC(=O)[C@@H]1SCCN1C(=O)c1cccc(C=O)c1)c1ccc(OC(F)F)c(OCC2CC2)c1)\C(Cl)=C/C. The highest BCUT2D eigenvalue weighted by Crippen LogP contribution is 2.40. The number of aldehydes is 1. The molecule has 1 aliphatic heterocycles. The maximum Gasteiger partial charge on any atom is 0.387 e. The molecule has 12 heteroatoms. The molecular formula is C32H31Cl2F2NO6S. The molecule has 2 aliphatic rings. The predicted octanol–water partition coefficient (Wildman–Crippen LogP) is 7.90. The van der Waals surface area contributed by atoms with Gasteiger partial charge >= 0.3 is 12.6 Å². The average molecular weight is 667 g/mol. The second-order valence-corrected chi connectivity index (χ2v) is 12.1. The van der Waals surface area contributed by atoms with E-state index in [4.69, 9.17) is 32.7 Å². The zero-order valence-electron chi connectivity index (χ0n) is 23.8. The second kappa shape index (κ2) is 15.6. The predicted molar refractivity (Wildman–Crippen MR) is 167 cm³/mol. The summed E-state index contributed by atoms with van der Waals surface area (Å²) in [5, 5.41) is -0.434. The fourth-order valence-corrected chi connectivity index (χ4v) is 6.03. The van der Waals surface area contributed by atoms with Gasteiger partial charge in [0.2, 0.25) is 0 Å². The number of amides is 1. The molecule has 2 aromatic carbocycles. The van der Waals surface area contributed by atoms with Gasteiger partial charge in [0.15, 0.2) is 16.9 Å². The van der Waals surface area contributed by atoms with Crippen LogP contribution in [0.5, 0.6) is 11.5 Å². The molecule has 7 nitrogen and oxygen atoms in total. The minimum Gasteiger partial charge on any atom is -0.489 e. The molecule has 4 rings (SSSR count). The lowest BCUT2D eigenvalue weighted by atomic mass is 9.99. The van der Waals surface area contributed by atoms with Crippen LogP contribution < -0.4 is 9.47 Å². The molecular weight excluding hydrogens is 635 g/mol. The summed E-state index contributed by atoms with van der Waals surface area (Å²) >= 11 is 14.2. The van der Waals surface area contributed by atoms with Crippen molar-refractivity contribution >= 4 is 53.1 Å². The van der Waals surface area contributed by atoms with Gasteiger partial charge in [-0.25, -0.2) is 4.79 Å². The van der Waals surface area contributed by atoms with E-state index in [9.17, 15) is 23.2 Å². The molecule has 44 heavy (non-hydrogen) atoms. The van der Waals surface area contributed by atoms with Gasteiger partial charge in [0.05, 0.1) is 6.61 Å². The van der Waals surface area contributed by atoms with E-state index in [2.05, 4.69) is 11.3 Å². The lowest BCUT2D eigenvalue weighted by Crippen LogP contribution is -2.40. The molecule has 2 fully saturated rings. The van der Waals surface area contributed by atoms with Crippen molar-refractivity contribution in [2.45, 2.75) is 44.3 Å². The Hall–Kier alpha value is -3.34. The first kappa shape index (κ1) is 33.6. The summed E-state index contributed by atoms with van der Waals surface area (Å²) < 4.78 is 42.9. The van der Waals surface area contributed by atoms with Gasteiger partial charge in [-0.1, -0.05) is 60.1 Å². The van der Waals surface area contributed by atoms with E-state index in [1.54, 1.807) is 31.2 Å². The molecule has 2 aromatic rings. The van der Waals surface area contributed by atoms with E-state index in [0.717, 1.165) is 12.8 Å². The Morgan fingerprint density at radius 1 is 1.16 bits per heavy atom. The van der Waals surface area contributed by atoms with Crippen molar-refractivity contribution < 1.29 is 37.4 Å². The van der Waals surface area contributed by atoms with Crippen LogP contribution in [0.15, 0.2) is 76.8 Å². The molecule has 234 valence electrons. The third kappa shape index (κ3) is 8.64. The minimum absolute atomic E-state index is 0.00357. The fraction of sp³-hybridized carbons (Fsp3) is 0.344. The number of rotatable bonds is 14. The molecule has 1 amide bonds. The van der Waals surface area contributed by atoms with Crippen molar-refractivity contribution in [3.05, 3.63) is 93.5 Å². The summed E-state index contributed by atoms with van der Waals surface area (Å²) in [6, 6.07) is 10.5. The van der Waals surface area contributed by atoms with Gasteiger partial charge < -0.3 is 19.1 Å². The Bertz CT molecular complexity index is 1460. The molecule has 0 unspecified atom stereocenters. The van der Waals surface area contributed by atoms with Crippen LogP contribution in [0.3, 0.4) is 0 Å². The van der Waals surface area contributed by atoms with Gasteiger partial charge in [-0.2, -0.15) is 8.78 Å². The van der Waals surface area contributed by atoms with Gasteiger partial charge in [0, 0.05) is 39.9 Å². The third-order valence-corrected chi connectivity index (χ3v) is 9.02. The van der Waals surface area contributed by atoms with E-state index in [0.29, 0.717) is 46.3 Å². The maximum absolute atomic E-state index is 13.7. The zero-order chi connectivity index (χ0) is 31.8. The lowest BCUT2D eigenvalue weighted by molar-refractivity contribution is -0.151. The molecule has 1 heterocycles. The molecule has 1 saturated carbocycles. The number of carbonyl (C=O) groups is 3. The third-order valence-electron chi connectivity index (χ3n) is 7.01. The van der Waals surface area contributed by atoms with Crippen molar-refractivity contribution in [2.24, 2.45) is 5.92 Å². The highest BCUT2D eigenvalue weighted by Gasteiger charge is 2.38. The number of halogens is 4. The first-order valence-corrected chi connectivity index (χ1v) is 15.7. The summed E-state index contributed by atoms with van der Waals surface area (Å²) in [4.78, 5) is 39.7. The van der Waals surface area contributed by atoms with Crippen molar-refractivity contribution in [1.29, 1.82) is 0 Å². The highest BCUT2D eigenvalue weighted by molar-refractivity contribution is 8.00. The number of benzene rings is 2. The first-order valence-electron chi connectivity index (χ1n) is 13.9. The second-order valence-electron chi connectivity index (χ2n) is 10.1. The van der Waals surface area contributed by atoms with Crippen LogP contribution >= 0.6 is 35.0 Å². The van der Waals surface area contributed by atoms with Crippen LogP contribution in [-0.4, -0.2) is 54.0 Å². The summed E-state index contributed by atoms with van der Waals surface area (Å²) in [6.45, 7) is 2.98. The van der Waals surface area contributed by atoms with Crippen molar-refractivity contribution in [3.63, 3.8) is 0 Å². The van der Waals surface area contributed by atoms with Crippen LogP contribution in [0.4, 0.5) is 8.78 Å². The number of allylic oxidation sites excluding steroid dienone is 4. The van der Waals surface area contributed by atoms with Crippen LogP contribution in [-0.2, 0) is 9.53 Å². The number of esters is 1. The molecule has 1 saturated heterocycles. The Kier molecular flexibility index (Phi) is 11.9. The lowest BCUT2D eigenvalue weighted by Gasteiger charge is -2.26. The Morgan fingerprint density at radius 3 is 2.59 bits per heavy atom. The minimum atomic E-state index is -3.07. The van der Waals surface area contributed by atoms with Gasteiger partial charge in [-0.3, -0.25) is 9.59 Å². The normalized spacial score (nSPS) is 18.0. The van der Waals surface area contributed by atoms with E-state index in [-0.39, 0.29) is 35.1 Å². The van der Waals surface area contributed by atoms with Crippen LogP contribution in [0.25, 0.3) is 0 Å². The van der Waals surface area contributed by atoms with E-state index >= 15 is 0 Å². The summed E-state index contributed by atoms with van der Waals surface area (Å²) in [6.07, 6.45) is 4.63. The summed E-state index contributed by atoms with van der Waals surface area (Å²) in [5.41, 5.74) is 1.45. The fourth-order valence-electron chi connectivity index (χ4n) is 4.53. The Labute approximate surface area is 268 Å². The van der Waals surface area contributed by atoms with E-state index < -0.39 is 30.0 Å². The monoisotopic (exact) mass is 665 g/mol. The number of nitrogens with zero attached hydrogens (tertiary/aromatic N) is 1. The molecule has 1 aliphatic carbocycles. The first-order chi connectivity index (χ1) is 21.1. The van der Waals surface area contributed by atoms with Crippen molar-refractivity contribution in [3.8, 4) is 11.5 Å². The molecule has 0 aromatic heterocycles. The van der Waals surface area contributed by atoms with Gasteiger partial charge in [0.1, 0.15) is 12.4 Å². The Balaban J connectivity index is 1.67. The van der Waals surface area contributed by atoms with E-state index in [1.807, 2.05) is 0 Å². The number of alkyl halides is 2. The molecule has 0 radical (unpaired) electrons. The van der Waals surface area contributed by atoms with Gasteiger partial charge in [-0.05, 0) is 61.1 Å². The number of hydrogen-bond acceptors (Lipinski definition) is 7. The topological polar surface area (TPSA) is 82.1 Å². The summed E-state index contributed by atoms with van der Waals surface area (Å²) in [5.74, 6) is -0.376. The van der Waals surface area contributed by atoms with Crippen LogP contribution in [0.1, 0.15) is 58.6 Å². The Morgan fingerprint density at radius 2 is 1.93 bits per heavy atom. The zero-order valence-corrected chi connectivity index (χ0v) is 26.2. The number of thioether (sulfide) groups is 1. The van der Waals surface area contributed by atoms with Gasteiger partial charge in [-0.15, -0.1) is 11.8 Å².